The van der Waals surface area contributed by atoms with Crippen molar-refractivity contribution in [2.24, 2.45) is 5.92 Å². The Labute approximate surface area is 134 Å². The fraction of sp³-hybridized carbons (Fsp3) is 0.667. The molecule has 2 fully saturated rings. The van der Waals surface area contributed by atoms with Crippen LogP contribution in [0.15, 0.2) is 12.4 Å². The van der Waals surface area contributed by atoms with Crippen molar-refractivity contribution in [3.8, 4) is 6.01 Å². The molecule has 7 heteroatoms. The number of hydrogen-bond acceptors (Lipinski definition) is 5. The molecule has 1 saturated carbocycles. The minimum atomic E-state index is -0.492. The SMILES string of the molecule is CC(C)(C)OC(=O)N1CC2CC(Oc3ncc(Cl)cn3)C1C2. The van der Waals surface area contributed by atoms with E-state index in [0.29, 0.717) is 17.0 Å². The summed E-state index contributed by atoms with van der Waals surface area (Å²) >= 11 is 5.77. The van der Waals surface area contributed by atoms with Crippen LogP contribution in [0.5, 0.6) is 6.01 Å². The zero-order valence-corrected chi connectivity index (χ0v) is 13.7. The molecule has 0 aromatic carbocycles. The molecule has 1 saturated heterocycles. The first kappa shape index (κ1) is 15.3. The number of aromatic nitrogens is 2. The van der Waals surface area contributed by atoms with E-state index in [9.17, 15) is 4.79 Å². The van der Waals surface area contributed by atoms with Crippen molar-refractivity contribution >= 4 is 17.7 Å². The second-order valence-corrected chi connectivity index (χ2v) is 7.31. The second-order valence-electron chi connectivity index (χ2n) is 6.88. The van der Waals surface area contributed by atoms with Crippen LogP contribution in [0, 0.1) is 5.92 Å². The van der Waals surface area contributed by atoms with Gasteiger partial charge in [0.05, 0.1) is 23.5 Å². The van der Waals surface area contributed by atoms with Crippen LogP contribution in [0.3, 0.4) is 0 Å². The van der Waals surface area contributed by atoms with Crippen molar-refractivity contribution in [3.63, 3.8) is 0 Å². The Bertz CT molecular complexity index is 558. The lowest BCUT2D eigenvalue weighted by Crippen LogP contribution is -2.48. The normalized spacial score (nSPS) is 27.1. The summed E-state index contributed by atoms with van der Waals surface area (Å²) in [7, 11) is 0. The monoisotopic (exact) mass is 325 g/mol. The van der Waals surface area contributed by atoms with Crippen LogP contribution < -0.4 is 4.74 Å². The maximum absolute atomic E-state index is 12.3. The molecule has 2 aliphatic rings. The van der Waals surface area contributed by atoms with Gasteiger partial charge in [-0.25, -0.2) is 14.8 Å². The van der Waals surface area contributed by atoms with Crippen LogP contribution in [0.25, 0.3) is 0 Å². The fourth-order valence-electron chi connectivity index (χ4n) is 3.12. The summed E-state index contributed by atoms with van der Waals surface area (Å²) in [6.07, 6.45) is 4.50. The predicted octanol–water partition coefficient (Wildman–Crippen LogP) is 2.91. The van der Waals surface area contributed by atoms with E-state index in [1.807, 2.05) is 20.8 Å². The molecule has 1 aromatic heterocycles. The molecular weight excluding hydrogens is 306 g/mol. The first-order valence-corrected chi connectivity index (χ1v) is 7.83. The van der Waals surface area contributed by atoms with Gasteiger partial charge in [0, 0.05) is 6.54 Å². The lowest BCUT2D eigenvalue weighted by molar-refractivity contribution is 0.00142. The van der Waals surface area contributed by atoms with Crippen LogP contribution in [-0.4, -0.2) is 45.3 Å². The number of halogens is 1. The number of rotatable bonds is 2. The summed E-state index contributed by atoms with van der Waals surface area (Å²) in [4.78, 5) is 22.2. The number of ether oxygens (including phenoxy) is 2. The first-order valence-electron chi connectivity index (χ1n) is 7.45. The number of amides is 1. The third-order valence-electron chi connectivity index (χ3n) is 3.91. The summed E-state index contributed by atoms with van der Waals surface area (Å²) in [5.74, 6) is 0.454. The third-order valence-corrected chi connectivity index (χ3v) is 4.10. The van der Waals surface area contributed by atoms with E-state index >= 15 is 0 Å². The molecule has 2 heterocycles. The highest BCUT2D eigenvalue weighted by Crippen LogP contribution is 2.40. The van der Waals surface area contributed by atoms with Gasteiger partial charge >= 0.3 is 12.1 Å². The standard InChI is InChI=1S/C15H20ClN3O3/c1-15(2,3)22-14(20)19-8-9-4-11(19)12(5-9)21-13-17-6-10(16)7-18-13/h6-7,9,11-12H,4-5,8H2,1-3H3. The van der Waals surface area contributed by atoms with Gasteiger partial charge in [-0.1, -0.05) is 11.6 Å². The Morgan fingerprint density at radius 2 is 2.00 bits per heavy atom. The quantitative estimate of drug-likeness (QED) is 0.836. The molecule has 1 aromatic rings. The highest BCUT2D eigenvalue weighted by molar-refractivity contribution is 6.30. The van der Waals surface area contributed by atoms with Crippen LogP contribution in [-0.2, 0) is 4.74 Å². The van der Waals surface area contributed by atoms with Gasteiger partial charge < -0.3 is 14.4 Å². The lowest BCUT2D eigenvalue weighted by Gasteiger charge is -2.34. The van der Waals surface area contributed by atoms with E-state index in [1.54, 1.807) is 4.90 Å². The highest BCUT2D eigenvalue weighted by Gasteiger charge is 2.49. The van der Waals surface area contributed by atoms with Gasteiger partial charge in [-0.15, -0.1) is 0 Å². The van der Waals surface area contributed by atoms with Gasteiger partial charge in [0.2, 0.25) is 0 Å². The maximum atomic E-state index is 12.3. The molecule has 3 unspecified atom stereocenters. The number of likely N-dealkylation sites (tertiary alicyclic amines) is 1. The van der Waals surface area contributed by atoms with Crippen molar-refractivity contribution in [1.29, 1.82) is 0 Å². The molecule has 1 aliphatic heterocycles. The molecule has 120 valence electrons. The van der Waals surface area contributed by atoms with E-state index in [1.165, 1.54) is 12.4 Å². The Morgan fingerprint density at radius 3 is 2.59 bits per heavy atom. The molecule has 1 aliphatic carbocycles. The maximum Gasteiger partial charge on any atom is 0.410 e. The number of fused-ring (bicyclic) bond motifs is 2. The summed E-state index contributed by atoms with van der Waals surface area (Å²) in [5, 5.41) is 0.468. The zero-order chi connectivity index (χ0) is 15.9. The smallest absolute Gasteiger partial charge is 0.410 e. The molecule has 1 amide bonds. The molecular formula is C15H20ClN3O3. The third kappa shape index (κ3) is 3.27. The van der Waals surface area contributed by atoms with Crippen molar-refractivity contribution in [2.75, 3.05) is 6.54 Å². The number of hydrogen-bond donors (Lipinski definition) is 0. The van der Waals surface area contributed by atoms with Crippen LogP contribution in [0.4, 0.5) is 4.79 Å². The van der Waals surface area contributed by atoms with Gasteiger partial charge in [0.25, 0.3) is 0 Å². The van der Waals surface area contributed by atoms with E-state index in [2.05, 4.69) is 9.97 Å². The number of nitrogens with zero attached hydrogens (tertiary/aromatic N) is 3. The largest absolute Gasteiger partial charge is 0.458 e. The molecule has 0 radical (unpaired) electrons. The van der Waals surface area contributed by atoms with Crippen LogP contribution in [0.2, 0.25) is 5.02 Å². The molecule has 3 atom stereocenters. The Balaban J connectivity index is 1.66. The molecule has 0 spiro atoms. The number of piperidine rings is 1. The van der Waals surface area contributed by atoms with Crippen LogP contribution >= 0.6 is 11.6 Å². The van der Waals surface area contributed by atoms with Gasteiger partial charge in [-0.2, -0.15) is 0 Å². The van der Waals surface area contributed by atoms with Crippen molar-refractivity contribution in [2.45, 2.75) is 51.4 Å². The first-order chi connectivity index (χ1) is 10.3. The minimum Gasteiger partial charge on any atom is -0.458 e. The van der Waals surface area contributed by atoms with Gasteiger partial charge in [0.1, 0.15) is 11.7 Å². The lowest BCUT2D eigenvalue weighted by atomic mass is 10.1. The van der Waals surface area contributed by atoms with Crippen LogP contribution in [0.1, 0.15) is 33.6 Å². The fourth-order valence-corrected chi connectivity index (χ4v) is 3.22. The minimum absolute atomic E-state index is 0.0270. The molecule has 3 rings (SSSR count). The van der Waals surface area contributed by atoms with Gasteiger partial charge in [-0.3, -0.25) is 0 Å². The molecule has 0 N–H and O–H groups in total. The Morgan fingerprint density at radius 1 is 1.32 bits per heavy atom. The Kier molecular flexibility index (Phi) is 3.89. The van der Waals surface area contributed by atoms with Gasteiger partial charge in [-0.05, 0) is 39.5 Å². The van der Waals surface area contributed by atoms with E-state index in [0.717, 1.165) is 19.4 Å². The average molecular weight is 326 g/mol. The highest BCUT2D eigenvalue weighted by atomic mass is 35.5. The van der Waals surface area contributed by atoms with E-state index in [-0.39, 0.29) is 18.2 Å². The van der Waals surface area contributed by atoms with E-state index in [4.69, 9.17) is 21.1 Å². The molecule has 6 nitrogen and oxygen atoms in total. The number of carbonyl (C=O) groups is 1. The molecule has 2 bridgehead atoms. The van der Waals surface area contributed by atoms with E-state index < -0.39 is 5.60 Å². The molecule has 22 heavy (non-hydrogen) atoms. The Hall–Kier alpha value is -1.56. The number of carbonyl (C=O) groups excluding carboxylic acids is 1. The summed E-state index contributed by atoms with van der Waals surface area (Å²) < 4.78 is 11.3. The van der Waals surface area contributed by atoms with Crippen molar-refractivity contribution < 1.29 is 14.3 Å². The van der Waals surface area contributed by atoms with Crippen molar-refractivity contribution in [1.82, 2.24) is 14.9 Å². The summed E-state index contributed by atoms with van der Waals surface area (Å²) in [5.41, 5.74) is -0.492. The topological polar surface area (TPSA) is 64.5 Å². The van der Waals surface area contributed by atoms with Gasteiger partial charge in [0.15, 0.2) is 0 Å². The predicted molar refractivity (Wildman–Crippen MR) is 80.9 cm³/mol. The van der Waals surface area contributed by atoms with Crippen molar-refractivity contribution in [3.05, 3.63) is 17.4 Å². The second kappa shape index (κ2) is 5.57. The average Bonchev–Trinajstić information content (AvgIpc) is 2.99. The summed E-state index contributed by atoms with van der Waals surface area (Å²) in [6.45, 7) is 6.35. The zero-order valence-electron chi connectivity index (χ0n) is 13.0. The summed E-state index contributed by atoms with van der Waals surface area (Å²) in [6, 6.07) is 0.324.